The zero-order valence-electron chi connectivity index (χ0n) is 16.4. The zero-order valence-corrected chi connectivity index (χ0v) is 19.5. The number of aliphatic carboxylic acids is 1. The van der Waals surface area contributed by atoms with Crippen LogP contribution < -0.4 is 0 Å². The predicted octanol–water partition coefficient (Wildman–Crippen LogP) is 5.12. The maximum atomic E-state index is 10.5. The SMILES string of the molecule is O=C(O)CCC/C=C/CC1C(O)CC(O)C1/C=C/C(O)CCc1sc(Cl)c(Cl)c1Cl. The summed E-state index contributed by atoms with van der Waals surface area (Å²) in [5, 5.41) is 40.3. The Morgan fingerprint density at radius 1 is 1.17 bits per heavy atom. The molecule has 9 heteroatoms. The van der Waals surface area contributed by atoms with E-state index in [0.29, 0.717) is 52.9 Å². The van der Waals surface area contributed by atoms with Crippen molar-refractivity contribution in [3.63, 3.8) is 0 Å². The van der Waals surface area contributed by atoms with E-state index in [0.717, 1.165) is 4.88 Å². The van der Waals surface area contributed by atoms with Gasteiger partial charge in [-0.05, 0) is 38.0 Å². The van der Waals surface area contributed by atoms with Crippen molar-refractivity contribution in [1.82, 2.24) is 0 Å². The summed E-state index contributed by atoms with van der Waals surface area (Å²) >= 11 is 19.4. The lowest BCUT2D eigenvalue weighted by molar-refractivity contribution is -0.137. The largest absolute Gasteiger partial charge is 0.481 e. The molecule has 0 bridgehead atoms. The van der Waals surface area contributed by atoms with Crippen LogP contribution in [0.5, 0.6) is 0 Å². The predicted molar refractivity (Wildman–Crippen MR) is 122 cm³/mol. The van der Waals surface area contributed by atoms with Gasteiger partial charge < -0.3 is 20.4 Å². The van der Waals surface area contributed by atoms with E-state index >= 15 is 0 Å². The van der Waals surface area contributed by atoms with Gasteiger partial charge in [-0.15, -0.1) is 11.3 Å². The summed E-state index contributed by atoms with van der Waals surface area (Å²) in [7, 11) is 0. The zero-order chi connectivity index (χ0) is 22.3. The number of hydrogen-bond acceptors (Lipinski definition) is 5. The monoisotopic (exact) mass is 496 g/mol. The molecule has 1 aromatic heterocycles. The summed E-state index contributed by atoms with van der Waals surface area (Å²) in [6.45, 7) is 0. The standard InChI is InChI=1S/C21H27Cl3O5S/c22-19-17(30-21(24)20(19)23)10-8-12(25)7-9-14-13(15(26)11-16(14)27)5-3-1-2-4-6-18(28)29/h1,3,7,9,12-16,25-27H,2,4-6,8,10-11H2,(H,28,29)/b3-1+,9-7+. The minimum Gasteiger partial charge on any atom is -0.481 e. The molecule has 0 radical (unpaired) electrons. The van der Waals surface area contributed by atoms with Gasteiger partial charge in [0.25, 0.3) is 0 Å². The van der Waals surface area contributed by atoms with E-state index in [9.17, 15) is 20.1 Å². The third-order valence-electron chi connectivity index (χ3n) is 5.30. The highest BCUT2D eigenvalue weighted by Gasteiger charge is 2.39. The Balaban J connectivity index is 1.86. The van der Waals surface area contributed by atoms with Crippen molar-refractivity contribution in [2.24, 2.45) is 11.8 Å². The summed E-state index contributed by atoms with van der Waals surface area (Å²) in [6, 6.07) is 0. The molecule has 1 heterocycles. The Bertz CT molecular complexity index is 764. The van der Waals surface area contributed by atoms with Crippen LogP contribution in [0, 0.1) is 11.8 Å². The lowest BCUT2D eigenvalue weighted by atomic mass is 9.89. The second-order valence-electron chi connectivity index (χ2n) is 7.52. The molecule has 0 saturated heterocycles. The normalized spacial score (nSPS) is 25.5. The summed E-state index contributed by atoms with van der Waals surface area (Å²) in [5.74, 6) is -1.22. The number of aliphatic hydroxyl groups is 3. The highest BCUT2D eigenvalue weighted by atomic mass is 35.5. The van der Waals surface area contributed by atoms with E-state index in [1.165, 1.54) is 11.3 Å². The number of hydrogen-bond donors (Lipinski definition) is 4. The highest BCUT2D eigenvalue weighted by Crippen LogP contribution is 2.41. The average molecular weight is 498 g/mol. The molecule has 1 aliphatic carbocycles. The van der Waals surface area contributed by atoms with Gasteiger partial charge in [-0.25, -0.2) is 0 Å². The number of allylic oxidation sites excluding steroid dienone is 2. The number of carboxylic acid groups (broad SMARTS) is 1. The summed E-state index contributed by atoms with van der Waals surface area (Å²) in [4.78, 5) is 11.3. The fourth-order valence-corrected chi connectivity index (χ4v) is 5.54. The number of aliphatic hydroxyl groups excluding tert-OH is 3. The van der Waals surface area contributed by atoms with Crippen LogP contribution >= 0.6 is 46.1 Å². The van der Waals surface area contributed by atoms with Gasteiger partial charge in [-0.3, -0.25) is 4.79 Å². The van der Waals surface area contributed by atoms with Gasteiger partial charge >= 0.3 is 5.97 Å². The van der Waals surface area contributed by atoms with E-state index in [1.807, 2.05) is 12.2 Å². The Kier molecular flexibility index (Phi) is 10.6. The fourth-order valence-electron chi connectivity index (χ4n) is 3.65. The third-order valence-corrected chi connectivity index (χ3v) is 7.97. The van der Waals surface area contributed by atoms with Crippen LogP contribution in [0.15, 0.2) is 24.3 Å². The molecule has 0 amide bonds. The third kappa shape index (κ3) is 7.52. The summed E-state index contributed by atoms with van der Waals surface area (Å²) < 4.78 is 0.434. The van der Waals surface area contributed by atoms with Crippen molar-refractivity contribution in [2.75, 3.05) is 0 Å². The van der Waals surface area contributed by atoms with Crippen molar-refractivity contribution in [3.05, 3.63) is 43.6 Å². The maximum absolute atomic E-state index is 10.5. The van der Waals surface area contributed by atoms with Crippen LogP contribution in [0.25, 0.3) is 0 Å². The van der Waals surface area contributed by atoms with Gasteiger partial charge in [0, 0.05) is 23.6 Å². The number of halogens is 3. The summed E-state index contributed by atoms with van der Waals surface area (Å²) in [6.07, 6.45) is 8.47. The minimum atomic E-state index is -0.811. The second kappa shape index (κ2) is 12.4. The van der Waals surface area contributed by atoms with Gasteiger partial charge in [0.05, 0.1) is 28.4 Å². The quantitative estimate of drug-likeness (QED) is 0.251. The topological polar surface area (TPSA) is 98.0 Å². The molecule has 4 N–H and O–H groups in total. The molecular weight excluding hydrogens is 471 g/mol. The number of aryl methyl sites for hydroxylation is 1. The number of carboxylic acids is 1. The minimum absolute atomic E-state index is 0.132. The molecule has 5 atom stereocenters. The Morgan fingerprint density at radius 2 is 1.90 bits per heavy atom. The molecule has 5 unspecified atom stereocenters. The first-order valence-electron chi connectivity index (χ1n) is 9.92. The molecular formula is C21H27Cl3O5S. The van der Waals surface area contributed by atoms with Crippen molar-refractivity contribution in [3.8, 4) is 0 Å². The van der Waals surface area contributed by atoms with Crippen molar-refractivity contribution >= 4 is 52.1 Å². The average Bonchev–Trinajstić information content (AvgIpc) is 3.09. The first kappa shape index (κ1) is 25.7. The van der Waals surface area contributed by atoms with E-state index in [-0.39, 0.29) is 18.3 Å². The Morgan fingerprint density at radius 3 is 2.53 bits per heavy atom. The molecule has 168 valence electrons. The molecule has 1 fully saturated rings. The van der Waals surface area contributed by atoms with Crippen LogP contribution in [-0.4, -0.2) is 44.7 Å². The van der Waals surface area contributed by atoms with Crippen LogP contribution in [0.2, 0.25) is 14.4 Å². The second-order valence-corrected chi connectivity index (χ2v) is 9.99. The van der Waals surface area contributed by atoms with Gasteiger partial charge in [-0.2, -0.15) is 0 Å². The molecule has 1 aliphatic rings. The molecule has 0 aliphatic heterocycles. The lowest BCUT2D eigenvalue weighted by Crippen LogP contribution is -2.20. The van der Waals surface area contributed by atoms with Gasteiger partial charge in [-0.1, -0.05) is 59.1 Å². The Labute approximate surface area is 195 Å². The van der Waals surface area contributed by atoms with Crippen LogP contribution in [-0.2, 0) is 11.2 Å². The molecule has 0 spiro atoms. The molecule has 1 saturated carbocycles. The molecule has 30 heavy (non-hydrogen) atoms. The first-order chi connectivity index (χ1) is 14.2. The number of thiophene rings is 1. The molecule has 5 nitrogen and oxygen atoms in total. The van der Waals surface area contributed by atoms with Crippen molar-refractivity contribution < 1.29 is 25.2 Å². The highest BCUT2D eigenvalue weighted by molar-refractivity contribution is 7.17. The maximum Gasteiger partial charge on any atom is 0.303 e. The van der Waals surface area contributed by atoms with E-state index in [1.54, 1.807) is 12.2 Å². The lowest BCUT2D eigenvalue weighted by Gasteiger charge is -2.19. The summed E-state index contributed by atoms with van der Waals surface area (Å²) in [5.41, 5.74) is 0. The number of unbranched alkanes of at least 4 members (excludes halogenated alkanes) is 1. The van der Waals surface area contributed by atoms with Crippen LogP contribution in [0.4, 0.5) is 0 Å². The molecule has 1 aromatic rings. The fraction of sp³-hybridized carbons (Fsp3) is 0.571. The van der Waals surface area contributed by atoms with Crippen molar-refractivity contribution in [1.29, 1.82) is 0 Å². The van der Waals surface area contributed by atoms with Gasteiger partial charge in [0.2, 0.25) is 0 Å². The van der Waals surface area contributed by atoms with Crippen LogP contribution in [0.1, 0.15) is 43.4 Å². The van der Waals surface area contributed by atoms with Gasteiger partial charge in [0.1, 0.15) is 4.34 Å². The van der Waals surface area contributed by atoms with E-state index in [4.69, 9.17) is 39.9 Å². The molecule has 2 rings (SSSR count). The number of rotatable bonds is 11. The molecule has 0 aromatic carbocycles. The van der Waals surface area contributed by atoms with E-state index < -0.39 is 24.3 Å². The van der Waals surface area contributed by atoms with Gasteiger partial charge in [0.15, 0.2) is 0 Å². The van der Waals surface area contributed by atoms with Crippen LogP contribution in [0.3, 0.4) is 0 Å². The Hall–Kier alpha value is -0.600. The smallest absolute Gasteiger partial charge is 0.303 e. The number of carbonyl (C=O) groups is 1. The van der Waals surface area contributed by atoms with Crippen molar-refractivity contribution in [2.45, 2.75) is 63.3 Å². The first-order valence-corrected chi connectivity index (χ1v) is 11.9. The van der Waals surface area contributed by atoms with E-state index in [2.05, 4.69) is 0 Å².